The van der Waals surface area contributed by atoms with Gasteiger partial charge in [0.1, 0.15) is 5.82 Å². The lowest BCUT2D eigenvalue weighted by Crippen LogP contribution is -2.06. The molecule has 0 N–H and O–H groups in total. The number of halogens is 3. The van der Waals surface area contributed by atoms with Gasteiger partial charge in [0, 0.05) is 5.02 Å². The van der Waals surface area contributed by atoms with Crippen molar-refractivity contribution in [3.8, 4) is 11.3 Å². The summed E-state index contributed by atoms with van der Waals surface area (Å²) in [5.74, 6) is -3.29. The molecule has 0 atom stereocenters. The van der Waals surface area contributed by atoms with Crippen LogP contribution < -0.4 is 0 Å². The van der Waals surface area contributed by atoms with Crippen LogP contribution in [0, 0.1) is 11.6 Å². The lowest BCUT2D eigenvalue weighted by molar-refractivity contribution is 0.0510. The summed E-state index contributed by atoms with van der Waals surface area (Å²) in [4.78, 5) is 11.3. The van der Waals surface area contributed by atoms with Crippen molar-refractivity contribution in [2.24, 2.45) is 0 Å². The van der Waals surface area contributed by atoms with Gasteiger partial charge < -0.3 is 9.26 Å². The summed E-state index contributed by atoms with van der Waals surface area (Å²) < 4.78 is 36.8. The van der Waals surface area contributed by atoms with Gasteiger partial charge in [-0.25, -0.2) is 9.18 Å². The molecule has 19 heavy (non-hydrogen) atoms. The number of hydrogen-bond donors (Lipinski definition) is 0. The number of ether oxygens (including phenoxy) is 1. The highest BCUT2D eigenvalue weighted by Crippen LogP contribution is 2.29. The summed E-state index contributed by atoms with van der Waals surface area (Å²) in [6, 6.07) is 3.60. The Balaban J connectivity index is 2.44. The molecule has 0 radical (unpaired) electrons. The highest BCUT2D eigenvalue weighted by atomic mass is 35.5. The highest BCUT2D eigenvalue weighted by molar-refractivity contribution is 6.30. The molecule has 0 bridgehead atoms. The number of rotatable bonds is 3. The van der Waals surface area contributed by atoms with E-state index in [1.54, 1.807) is 6.92 Å². The molecule has 1 aromatic carbocycles. The SMILES string of the molecule is CCOC(=O)c1noc(-c2ccc(Cl)cc2F)c1F. The van der Waals surface area contributed by atoms with E-state index in [1.807, 2.05) is 0 Å². The van der Waals surface area contributed by atoms with Crippen molar-refractivity contribution in [3.05, 3.63) is 40.6 Å². The summed E-state index contributed by atoms with van der Waals surface area (Å²) >= 11 is 5.59. The second-order valence-electron chi connectivity index (χ2n) is 3.52. The van der Waals surface area contributed by atoms with E-state index in [0.29, 0.717) is 0 Å². The van der Waals surface area contributed by atoms with Crippen LogP contribution in [0.1, 0.15) is 17.4 Å². The molecule has 0 saturated carbocycles. The standard InChI is InChI=1S/C12H8ClF2NO3/c1-2-18-12(17)10-9(15)11(19-16-10)7-4-3-6(13)5-8(7)14/h3-5H,2H2,1H3. The average Bonchev–Trinajstić information content (AvgIpc) is 2.72. The second kappa shape index (κ2) is 5.36. The highest BCUT2D eigenvalue weighted by Gasteiger charge is 2.25. The minimum absolute atomic E-state index is 0.0653. The van der Waals surface area contributed by atoms with E-state index in [0.717, 1.165) is 6.07 Å². The molecule has 0 aliphatic heterocycles. The number of carbonyl (C=O) groups is 1. The van der Waals surface area contributed by atoms with Crippen LogP contribution in [0.3, 0.4) is 0 Å². The van der Waals surface area contributed by atoms with Gasteiger partial charge in [-0.3, -0.25) is 0 Å². The average molecular weight is 288 g/mol. The fraction of sp³-hybridized carbons (Fsp3) is 0.167. The number of hydrogen-bond acceptors (Lipinski definition) is 4. The minimum atomic E-state index is -1.07. The van der Waals surface area contributed by atoms with Crippen LogP contribution in [0.5, 0.6) is 0 Å². The Bertz CT molecular complexity index is 627. The molecule has 1 aromatic heterocycles. The van der Waals surface area contributed by atoms with Crippen LogP contribution in [0.25, 0.3) is 11.3 Å². The predicted octanol–water partition coefficient (Wildman–Crippen LogP) is 3.45. The van der Waals surface area contributed by atoms with Gasteiger partial charge in [-0.15, -0.1) is 0 Å². The van der Waals surface area contributed by atoms with Crippen LogP contribution in [0.15, 0.2) is 22.7 Å². The summed E-state index contributed by atoms with van der Waals surface area (Å²) in [5, 5.41) is 3.41. The monoisotopic (exact) mass is 287 g/mol. The number of benzene rings is 1. The van der Waals surface area contributed by atoms with Crippen LogP contribution in [0.2, 0.25) is 5.02 Å². The van der Waals surface area contributed by atoms with E-state index in [9.17, 15) is 13.6 Å². The summed E-state index contributed by atoms with van der Waals surface area (Å²) in [7, 11) is 0. The largest absolute Gasteiger partial charge is 0.461 e. The van der Waals surface area contributed by atoms with Gasteiger partial charge in [-0.05, 0) is 25.1 Å². The Labute approximate surface area is 111 Å². The smallest absolute Gasteiger partial charge is 0.363 e. The van der Waals surface area contributed by atoms with Crippen molar-refractivity contribution in [2.75, 3.05) is 6.61 Å². The van der Waals surface area contributed by atoms with Gasteiger partial charge in [0.05, 0.1) is 12.2 Å². The third-order valence-electron chi connectivity index (χ3n) is 2.28. The van der Waals surface area contributed by atoms with Crippen molar-refractivity contribution in [1.29, 1.82) is 0 Å². The van der Waals surface area contributed by atoms with Crippen LogP contribution in [-0.4, -0.2) is 17.7 Å². The summed E-state index contributed by atoms with van der Waals surface area (Å²) in [5.41, 5.74) is -0.795. The first-order valence-corrected chi connectivity index (χ1v) is 5.70. The molecular formula is C12H8ClF2NO3. The topological polar surface area (TPSA) is 52.3 Å². The van der Waals surface area contributed by atoms with Crippen LogP contribution >= 0.6 is 11.6 Å². The lowest BCUT2D eigenvalue weighted by atomic mass is 10.1. The molecule has 2 aromatic rings. The zero-order valence-corrected chi connectivity index (χ0v) is 10.5. The van der Waals surface area contributed by atoms with Crippen molar-refractivity contribution in [2.45, 2.75) is 6.92 Å². The Kier molecular flexibility index (Phi) is 3.80. The Morgan fingerprint density at radius 3 is 2.84 bits per heavy atom. The molecule has 100 valence electrons. The molecule has 2 rings (SSSR count). The molecule has 0 aliphatic rings. The first-order valence-electron chi connectivity index (χ1n) is 5.32. The Morgan fingerprint density at radius 2 is 2.21 bits per heavy atom. The van der Waals surface area contributed by atoms with Crippen molar-refractivity contribution in [3.63, 3.8) is 0 Å². The van der Waals surface area contributed by atoms with Crippen molar-refractivity contribution >= 4 is 17.6 Å². The zero-order chi connectivity index (χ0) is 14.0. The lowest BCUT2D eigenvalue weighted by Gasteiger charge is -1.99. The van der Waals surface area contributed by atoms with Crippen molar-refractivity contribution in [1.82, 2.24) is 5.16 Å². The fourth-order valence-corrected chi connectivity index (χ4v) is 1.61. The molecule has 7 heteroatoms. The second-order valence-corrected chi connectivity index (χ2v) is 3.96. The van der Waals surface area contributed by atoms with E-state index >= 15 is 0 Å². The van der Waals surface area contributed by atoms with Crippen molar-refractivity contribution < 1.29 is 22.8 Å². The molecule has 0 aliphatic carbocycles. The maximum atomic E-state index is 13.9. The van der Waals surface area contributed by atoms with E-state index in [2.05, 4.69) is 14.4 Å². The first kappa shape index (κ1) is 13.5. The van der Waals surface area contributed by atoms with E-state index in [4.69, 9.17) is 11.6 Å². The maximum absolute atomic E-state index is 13.9. The van der Waals surface area contributed by atoms with E-state index < -0.39 is 29.1 Å². The minimum Gasteiger partial charge on any atom is -0.461 e. The van der Waals surface area contributed by atoms with Gasteiger partial charge in [0.15, 0.2) is 0 Å². The van der Waals surface area contributed by atoms with E-state index in [1.165, 1.54) is 12.1 Å². The van der Waals surface area contributed by atoms with Gasteiger partial charge >= 0.3 is 5.97 Å². The summed E-state index contributed by atoms with van der Waals surface area (Å²) in [6.45, 7) is 1.63. The zero-order valence-electron chi connectivity index (χ0n) is 9.75. The number of esters is 1. The van der Waals surface area contributed by atoms with Crippen LogP contribution in [0.4, 0.5) is 8.78 Å². The number of nitrogens with zero attached hydrogens (tertiary/aromatic N) is 1. The Morgan fingerprint density at radius 1 is 1.47 bits per heavy atom. The molecule has 0 amide bonds. The third-order valence-corrected chi connectivity index (χ3v) is 2.52. The van der Waals surface area contributed by atoms with Gasteiger partial charge in [0.2, 0.25) is 17.3 Å². The van der Waals surface area contributed by atoms with E-state index in [-0.39, 0.29) is 17.2 Å². The normalized spacial score (nSPS) is 10.5. The molecule has 0 unspecified atom stereocenters. The first-order chi connectivity index (χ1) is 9.04. The summed E-state index contributed by atoms with van der Waals surface area (Å²) in [6.07, 6.45) is 0. The Hall–Kier alpha value is -1.95. The quantitative estimate of drug-likeness (QED) is 0.811. The van der Waals surface area contributed by atoms with Gasteiger partial charge in [-0.2, -0.15) is 4.39 Å². The molecular weight excluding hydrogens is 280 g/mol. The molecule has 0 saturated heterocycles. The molecule has 1 heterocycles. The fourth-order valence-electron chi connectivity index (χ4n) is 1.45. The molecule has 0 fully saturated rings. The number of aromatic nitrogens is 1. The number of carbonyl (C=O) groups excluding carboxylic acids is 1. The maximum Gasteiger partial charge on any atom is 0.363 e. The molecule has 4 nitrogen and oxygen atoms in total. The molecule has 0 spiro atoms. The predicted molar refractivity (Wildman–Crippen MR) is 62.8 cm³/mol. The third kappa shape index (κ3) is 2.58. The van der Waals surface area contributed by atoms with Crippen LogP contribution in [-0.2, 0) is 4.74 Å². The van der Waals surface area contributed by atoms with Gasteiger partial charge in [-0.1, -0.05) is 16.8 Å². The van der Waals surface area contributed by atoms with Gasteiger partial charge in [0.25, 0.3) is 0 Å².